The molecule has 1 atom stereocenters. The number of hydrogen-bond acceptors (Lipinski definition) is 5. The average Bonchev–Trinajstić information content (AvgIpc) is 2.33. The Morgan fingerprint density at radius 3 is 2.82 bits per heavy atom. The maximum absolute atomic E-state index is 12.0. The van der Waals surface area contributed by atoms with Crippen LogP contribution in [0.3, 0.4) is 0 Å². The number of nitriles is 1. The molecule has 0 fully saturated rings. The summed E-state index contributed by atoms with van der Waals surface area (Å²) in [6, 6.07) is 6.17. The van der Waals surface area contributed by atoms with Crippen LogP contribution in [0.4, 0.5) is 5.69 Å². The Kier molecular flexibility index (Phi) is 2.71. The highest BCUT2D eigenvalue weighted by Gasteiger charge is 2.35. The molecular formula is C11H12N2O3S. The molecule has 0 radical (unpaired) electrons. The molecule has 0 aliphatic carbocycles. The molecule has 0 spiro atoms. The fourth-order valence-electron chi connectivity index (χ4n) is 1.95. The van der Waals surface area contributed by atoms with Crippen LogP contribution in [0.15, 0.2) is 23.1 Å². The predicted octanol–water partition coefficient (Wildman–Crippen LogP) is 0.811. The van der Waals surface area contributed by atoms with E-state index in [9.17, 15) is 8.42 Å². The molecule has 17 heavy (non-hydrogen) atoms. The second kappa shape index (κ2) is 3.93. The number of ether oxygens (including phenoxy) is 1. The Morgan fingerprint density at radius 1 is 1.53 bits per heavy atom. The molecule has 0 saturated heterocycles. The van der Waals surface area contributed by atoms with Crippen LogP contribution < -0.4 is 9.64 Å². The van der Waals surface area contributed by atoms with Gasteiger partial charge in [0.05, 0.1) is 29.5 Å². The molecule has 2 rings (SSSR count). The third-order valence-corrected chi connectivity index (χ3v) is 4.62. The van der Waals surface area contributed by atoms with Gasteiger partial charge in [-0.2, -0.15) is 5.26 Å². The first-order valence-electron chi connectivity index (χ1n) is 5.03. The SMILES string of the molecule is COc1cccc2c1N(C)C(C#N)CS2(=O)=O. The van der Waals surface area contributed by atoms with Crippen molar-refractivity contribution < 1.29 is 13.2 Å². The van der Waals surface area contributed by atoms with E-state index >= 15 is 0 Å². The largest absolute Gasteiger partial charge is 0.495 e. The second-order valence-electron chi connectivity index (χ2n) is 3.84. The Morgan fingerprint density at radius 2 is 2.24 bits per heavy atom. The molecule has 0 aromatic heterocycles. The highest BCUT2D eigenvalue weighted by molar-refractivity contribution is 7.91. The van der Waals surface area contributed by atoms with E-state index in [-0.39, 0.29) is 10.6 Å². The summed E-state index contributed by atoms with van der Waals surface area (Å²) in [5.74, 6) is 0.286. The minimum Gasteiger partial charge on any atom is -0.495 e. The van der Waals surface area contributed by atoms with E-state index in [0.717, 1.165) is 0 Å². The molecule has 1 aliphatic rings. The normalized spacial score (nSPS) is 21.5. The van der Waals surface area contributed by atoms with Crippen LogP contribution in [0, 0.1) is 11.3 Å². The molecule has 1 heterocycles. The minimum atomic E-state index is -3.41. The van der Waals surface area contributed by atoms with Crippen LogP contribution in [-0.4, -0.2) is 34.4 Å². The second-order valence-corrected chi connectivity index (χ2v) is 5.85. The van der Waals surface area contributed by atoms with Gasteiger partial charge >= 0.3 is 0 Å². The number of methoxy groups -OCH3 is 1. The van der Waals surface area contributed by atoms with E-state index in [0.29, 0.717) is 11.4 Å². The number of benzene rings is 1. The van der Waals surface area contributed by atoms with Crippen molar-refractivity contribution in [3.8, 4) is 11.8 Å². The lowest BCUT2D eigenvalue weighted by Crippen LogP contribution is -2.41. The fourth-order valence-corrected chi connectivity index (χ4v) is 3.67. The van der Waals surface area contributed by atoms with Gasteiger partial charge in [0.15, 0.2) is 9.84 Å². The van der Waals surface area contributed by atoms with Crippen LogP contribution in [-0.2, 0) is 9.84 Å². The monoisotopic (exact) mass is 252 g/mol. The van der Waals surface area contributed by atoms with Crippen molar-refractivity contribution in [3.05, 3.63) is 18.2 Å². The molecule has 0 N–H and O–H groups in total. The highest BCUT2D eigenvalue weighted by atomic mass is 32.2. The molecule has 1 unspecified atom stereocenters. The molecule has 1 aromatic rings. The van der Waals surface area contributed by atoms with Crippen molar-refractivity contribution in [2.24, 2.45) is 0 Å². The summed E-state index contributed by atoms with van der Waals surface area (Å²) in [5, 5.41) is 8.99. The Labute approximate surface area is 100 Å². The van der Waals surface area contributed by atoms with Crippen molar-refractivity contribution in [3.63, 3.8) is 0 Å². The Bertz CT molecular complexity index is 589. The van der Waals surface area contributed by atoms with Gasteiger partial charge in [-0.15, -0.1) is 0 Å². The summed E-state index contributed by atoms with van der Waals surface area (Å²) in [6.45, 7) is 0. The number of nitrogens with zero attached hydrogens (tertiary/aromatic N) is 2. The van der Waals surface area contributed by atoms with Crippen LogP contribution in [0.25, 0.3) is 0 Å². The lowest BCUT2D eigenvalue weighted by molar-refractivity contribution is 0.412. The molecule has 0 bridgehead atoms. The van der Waals surface area contributed by atoms with E-state index in [1.807, 2.05) is 6.07 Å². The maximum Gasteiger partial charge on any atom is 0.183 e. The first-order chi connectivity index (χ1) is 8.01. The van der Waals surface area contributed by atoms with Crippen molar-refractivity contribution in [2.45, 2.75) is 10.9 Å². The van der Waals surface area contributed by atoms with E-state index in [4.69, 9.17) is 10.00 Å². The van der Waals surface area contributed by atoms with E-state index in [1.165, 1.54) is 13.2 Å². The van der Waals surface area contributed by atoms with Crippen molar-refractivity contribution in [2.75, 3.05) is 24.8 Å². The molecule has 1 aliphatic heterocycles. The fraction of sp³-hybridized carbons (Fsp3) is 0.364. The summed E-state index contributed by atoms with van der Waals surface area (Å²) in [4.78, 5) is 1.88. The van der Waals surface area contributed by atoms with E-state index < -0.39 is 15.9 Å². The summed E-state index contributed by atoms with van der Waals surface area (Å²) in [6.07, 6.45) is 0. The molecule has 90 valence electrons. The average molecular weight is 252 g/mol. The number of anilines is 1. The van der Waals surface area contributed by atoms with Crippen molar-refractivity contribution >= 4 is 15.5 Å². The molecule has 5 nitrogen and oxygen atoms in total. The topological polar surface area (TPSA) is 70.4 Å². The zero-order valence-electron chi connectivity index (χ0n) is 9.54. The van der Waals surface area contributed by atoms with Gasteiger partial charge < -0.3 is 9.64 Å². The number of sulfone groups is 1. The van der Waals surface area contributed by atoms with Crippen LogP contribution in [0.5, 0.6) is 5.75 Å². The zero-order valence-corrected chi connectivity index (χ0v) is 10.4. The first-order valence-corrected chi connectivity index (χ1v) is 6.68. The lowest BCUT2D eigenvalue weighted by atomic mass is 10.2. The minimum absolute atomic E-state index is 0.180. The van der Waals surface area contributed by atoms with Crippen LogP contribution in [0.2, 0.25) is 0 Å². The molecular weight excluding hydrogens is 240 g/mol. The van der Waals surface area contributed by atoms with Crippen molar-refractivity contribution in [1.29, 1.82) is 5.26 Å². The Balaban J connectivity index is 2.74. The van der Waals surface area contributed by atoms with Gasteiger partial charge in [0, 0.05) is 7.05 Å². The van der Waals surface area contributed by atoms with Crippen LogP contribution >= 0.6 is 0 Å². The van der Waals surface area contributed by atoms with Crippen LogP contribution in [0.1, 0.15) is 0 Å². The van der Waals surface area contributed by atoms with Gasteiger partial charge in [0.2, 0.25) is 0 Å². The zero-order chi connectivity index (χ0) is 12.6. The summed E-state index contributed by atoms with van der Waals surface area (Å²) < 4.78 is 29.2. The Hall–Kier alpha value is -1.74. The number of para-hydroxylation sites is 1. The molecule has 0 amide bonds. The van der Waals surface area contributed by atoms with E-state index in [2.05, 4.69) is 0 Å². The highest BCUT2D eigenvalue weighted by Crippen LogP contribution is 2.39. The van der Waals surface area contributed by atoms with Crippen molar-refractivity contribution in [1.82, 2.24) is 0 Å². The summed E-state index contributed by atoms with van der Waals surface area (Å²) in [7, 11) is -0.236. The summed E-state index contributed by atoms with van der Waals surface area (Å²) in [5.41, 5.74) is 0.466. The number of hydrogen-bond donors (Lipinski definition) is 0. The van der Waals surface area contributed by atoms with Gasteiger partial charge in [-0.25, -0.2) is 8.42 Å². The smallest absolute Gasteiger partial charge is 0.183 e. The first kappa shape index (κ1) is 11.7. The number of rotatable bonds is 1. The number of fused-ring (bicyclic) bond motifs is 1. The third-order valence-electron chi connectivity index (χ3n) is 2.86. The predicted molar refractivity (Wildman–Crippen MR) is 62.9 cm³/mol. The quantitative estimate of drug-likeness (QED) is 0.739. The van der Waals surface area contributed by atoms with Gasteiger partial charge in [-0.05, 0) is 12.1 Å². The molecule has 0 saturated carbocycles. The van der Waals surface area contributed by atoms with Gasteiger partial charge in [-0.3, -0.25) is 0 Å². The lowest BCUT2D eigenvalue weighted by Gasteiger charge is -2.32. The molecule has 6 heteroatoms. The van der Waals surface area contributed by atoms with Gasteiger partial charge in [0.25, 0.3) is 0 Å². The van der Waals surface area contributed by atoms with Gasteiger partial charge in [0.1, 0.15) is 11.8 Å². The summed E-state index contributed by atoms with van der Waals surface area (Å²) >= 11 is 0. The third kappa shape index (κ3) is 1.72. The maximum atomic E-state index is 12.0. The standard InChI is InChI=1S/C11H12N2O3S/c1-13-8(6-12)7-17(14,15)10-5-3-4-9(16-2)11(10)13/h3-5,8H,7H2,1-2H3. The molecule has 1 aromatic carbocycles. The van der Waals surface area contributed by atoms with E-state index in [1.54, 1.807) is 24.1 Å². The van der Waals surface area contributed by atoms with Gasteiger partial charge in [-0.1, -0.05) is 6.07 Å².